The van der Waals surface area contributed by atoms with Crippen LogP contribution >= 0.6 is 12.4 Å². The van der Waals surface area contributed by atoms with Crippen molar-refractivity contribution < 1.29 is 17.6 Å². The molecular weight excluding hydrogens is 236 g/mol. The van der Waals surface area contributed by atoms with Gasteiger partial charge in [-0.05, 0) is 18.2 Å². The fourth-order valence-corrected chi connectivity index (χ4v) is 0.986. The predicted molar refractivity (Wildman–Crippen MR) is 49.7 cm³/mol. The zero-order valence-electron chi connectivity index (χ0n) is 7.23. The second kappa shape index (κ2) is 4.48. The number of nitrogens with one attached hydrogen (secondary N) is 1. The van der Waals surface area contributed by atoms with Crippen molar-refractivity contribution in [2.75, 3.05) is 0 Å². The third kappa shape index (κ3) is 3.09. The molecule has 7 heteroatoms. The van der Waals surface area contributed by atoms with Crippen molar-refractivity contribution in [3.63, 3.8) is 0 Å². The molecule has 2 nitrogen and oxygen atoms in total. The van der Waals surface area contributed by atoms with E-state index in [-0.39, 0.29) is 12.4 Å². The van der Waals surface area contributed by atoms with Gasteiger partial charge in [0.1, 0.15) is 11.7 Å². The molecule has 0 saturated carbocycles. The molecule has 0 radical (unpaired) electrons. The summed E-state index contributed by atoms with van der Waals surface area (Å²) in [5.41, 5.74) is 3.18. The molecule has 0 atom stereocenters. The van der Waals surface area contributed by atoms with Gasteiger partial charge in [0.15, 0.2) is 0 Å². The van der Waals surface area contributed by atoms with Gasteiger partial charge in [-0.1, -0.05) is 0 Å². The van der Waals surface area contributed by atoms with Crippen molar-refractivity contribution in [2.24, 2.45) is 5.73 Å². The summed E-state index contributed by atoms with van der Waals surface area (Å²) >= 11 is 0. The number of hydrogen-bond donors (Lipinski definition) is 2. The summed E-state index contributed by atoms with van der Waals surface area (Å²) < 4.78 is 49.3. The van der Waals surface area contributed by atoms with Crippen LogP contribution in [0.15, 0.2) is 18.2 Å². The third-order valence-electron chi connectivity index (χ3n) is 1.58. The first-order valence-corrected chi connectivity index (χ1v) is 3.53. The van der Waals surface area contributed by atoms with Crippen molar-refractivity contribution in [3.05, 3.63) is 35.1 Å². The van der Waals surface area contributed by atoms with Gasteiger partial charge in [0.25, 0.3) is 0 Å². The first-order valence-electron chi connectivity index (χ1n) is 3.53. The van der Waals surface area contributed by atoms with Crippen molar-refractivity contribution in [1.29, 1.82) is 5.41 Å². The second-order valence-electron chi connectivity index (χ2n) is 2.60. The number of nitrogen functional groups attached to an aromatic ring is 1. The number of benzene rings is 1. The third-order valence-corrected chi connectivity index (χ3v) is 1.58. The van der Waals surface area contributed by atoms with Crippen molar-refractivity contribution in [2.45, 2.75) is 6.18 Å². The molecule has 0 aliphatic rings. The molecule has 0 saturated heterocycles. The predicted octanol–water partition coefficient (Wildman–Crippen LogP) is 2.55. The first kappa shape index (κ1) is 13.7. The fraction of sp³-hybridized carbons (Fsp3) is 0.125. The van der Waals surface area contributed by atoms with E-state index in [0.717, 1.165) is 12.1 Å². The SMILES string of the molecule is Cl.N=C(N)c1ccc(F)cc1C(F)(F)F. The van der Waals surface area contributed by atoms with Gasteiger partial charge >= 0.3 is 6.18 Å². The molecule has 0 aliphatic carbocycles. The Balaban J connectivity index is 0.00000196. The molecule has 84 valence electrons. The number of nitrogens with two attached hydrogens (primary N) is 1. The molecule has 3 N–H and O–H groups in total. The summed E-state index contributed by atoms with van der Waals surface area (Å²) in [6.07, 6.45) is -4.71. The van der Waals surface area contributed by atoms with Gasteiger partial charge in [0.05, 0.1) is 5.56 Å². The average Bonchev–Trinajstić information content (AvgIpc) is 2.01. The zero-order valence-corrected chi connectivity index (χ0v) is 8.05. The maximum atomic E-state index is 12.5. The minimum Gasteiger partial charge on any atom is -0.384 e. The van der Waals surface area contributed by atoms with E-state index in [1.165, 1.54) is 0 Å². The highest BCUT2D eigenvalue weighted by Crippen LogP contribution is 2.32. The molecule has 0 amide bonds. The van der Waals surface area contributed by atoms with Crippen molar-refractivity contribution in [3.8, 4) is 0 Å². The molecule has 0 spiro atoms. The summed E-state index contributed by atoms with van der Waals surface area (Å²) in [6, 6.07) is 1.98. The second-order valence-corrected chi connectivity index (χ2v) is 2.60. The Kier molecular flexibility index (Phi) is 4.09. The minimum atomic E-state index is -4.71. The van der Waals surface area contributed by atoms with Crippen LogP contribution in [-0.4, -0.2) is 5.84 Å². The number of hydrogen-bond acceptors (Lipinski definition) is 1. The molecule has 0 bridgehead atoms. The summed E-state index contributed by atoms with van der Waals surface area (Å²) in [4.78, 5) is 0. The van der Waals surface area contributed by atoms with Gasteiger partial charge < -0.3 is 5.73 Å². The summed E-state index contributed by atoms with van der Waals surface area (Å²) in [6.45, 7) is 0. The van der Waals surface area contributed by atoms with Crippen LogP contribution in [0, 0.1) is 11.2 Å². The number of amidine groups is 1. The molecule has 15 heavy (non-hydrogen) atoms. The van der Waals surface area contributed by atoms with E-state index < -0.39 is 29.0 Å². The van der Waals surface area contributed by atoms with Gasteiger partial charge in [0.2, 0.25) is 0 Å². The van der Waals surface area contributed by atoms with E-state index in [0.29, 0.717) is 6.07 Å². The van der Waals surface area contributed by atoms with Gasteiger partial charge in [-0.3, -0.25) is 5.41 Å². The normalized spacial score (nSPS) is 10.7. The lowest BCUT2D eigenvalue weighted by atomic mass is 10.1. The largest absolute Gasteiger partial charge is 0.417 e. The Morgan fingerprint density at radius 1 is 1.27 bits per heavy atom. The monoisotopic (exact) mass is 242 g/mol. The van der Waals surface area contributed by atoms with Crippen LogP contribution in [0.2, 0.25) is 0 Å². The molecule has 0 aromatic heterocycles. The van der Waals surface area contributed by atoms with E-state index in [1.807, 2.05) is 0 Å². The quantitative estimate of drug-likeness (QED) is 0.444. The Hall–Kier alpha value is -1.30. The Labute approximate surface area is 89.0 Å². The minimum absolute atomic E-state index is 0. The summed E-state index contributed by atoms with van der Waals surface area (Å²) in [5, 5.41) is 6.88. The molecule has 0 fully saturated rings. The molecule has 1 aromatic rings. The van der Waals surface area contributed by atoms with Crippen LogP contribution in [0.5, 0.6) is 0 Å². The maximum absolute atomic E-state index is 12.5. The Morgan fingerprint density at radius 3 is 2.20 bits per heavy atom. The van der Waals surface area contributed by atoms with E-state index >= 15 is 0 Å². The van der Waals surface area contributed by atoms with Crippen LogP contribution in [0.4, 0.5) is 17.6 Å². The van der Waals surface area contributed by atoms with Crippen LogP contribution in [0.25, 0.3) is 0 Å². The van der Waals surface area contributed by atoms with Crippen LogP contribution < -0.4 is 5.73 Å². The molecule has 0 aliphatic heterocycles. The van der Waals surface area contributed by atoms with Crippen LogP contribution in [0.1, 0.15) is 11.1 Å². The van der Waals surface area contributed by atoms with Gasteiger partial charge in [-0.2, -0.15) is 13.2 Å². The lowest BCUT2D eigenvalue weighted by Crippen LogP contribution is -2.19. The standard InChI is InChI=1S/C8H6F4N2.ClH/c9-4-1-2-5(7(13)14)6(3-4)8(10,11)12;/h1-3H,(H3,13,14);1H. The van der Waals surface area contributed by atoms with E-state index in [2.05, 4.69) is 0 Å². The molecule has 0 heterocycles. The maximum Gasteiger partial charge on any atom is 0.417 e. The highest BCUT2D eigenvalue weighted by atomic mass is 35.5. The molecular formula is C8H7ClF4N2. The van der Waals surface area contributed by atoms with Crippen molar-refractivity contribution >= 4 is 18.2 Å². The number of alkyl halides is 3. The summed E-state index contributed by atoms with van der Waals surface area (Å²) in [5.74, 6) is -1.75. The lowest BCUT2D eigenvalue weighted by Gasteiger charge is -2.11. The molecule has 0 unspecified atom stereocenters. The average molecular weight is 243 g/mol. The smallest absolute Gasteiger partial charge is 0.384 e. The topological polar surface area (TPSA) is 49.9 Å². The first-order chi connectivity index (χ1) is 6.32. The van der Waals surface area contributed by atoms with Gasteiger partial charge in [-0.15, -0.1) is 12.4 Å². The highest BCUT2D eigenvalue weighted by Gasteiger charge is 2.34. The van der Waals surface area contributed by atoms with Gasteiger partial charge in [-0.25, -0.2) is 4.39 Å². The number of halogens is 5. The number of rotatable bonds is 1. The summed E-state index contributed by atoms with van der Waals surface area (Å²) in [7, 11) is 0. The Morgan fingerprint density at radius 2 is 1.80 bits per heavy atom. The van der Waals surface area contributed by atoms with E-state index in [9.17, 15) is 17.6 Å². The van der Waals surface area contributed by atoms with E-state index in [1.54, 1.807) is 0 Å². The fourth-order valence-electron chi connectivity index (χ4n) is 0.986. The van der Waals surface area contributed by atoms with Crippen LogP contribution in [0.3, 0.4) is 0 Å². The van der Waals surface area contributed by atoms with Crippen molar-refractivity contribution in [1.82, 2.24) is 0 Å². The molecule has 1 rings (SSSR count). The highest BCUT2D eigenvalue weighted by molar-refractivity contribution is 5.96. The Bertz CT molecular complexity index is 375. The lowest BCUT2D eigenvalue weighted by molar-refractivity contribution is -0.137. The van der Waals surface area contributed by atoms with Crippen LogP contribution in [-0.2, 0) is 6.18 Å². The zero-order chi connectivity index (χ0) is 10.9. The van der Waals surface area contributed by atoms with Gasteiger partial charge in [0, 0.05) is 5.56 Å². The van der Waals surface area contributed by atoms with E-state index in [4.69, 9.17) is 11.1 Å². The molecule has 1 aromatic carbocycles.